The van der Waals surface area contributed by atoms with E-state index in [1.165, 1.54) is 6.42 Å². The van der Waals surface area contributed by atoms with Crippen LogP contribution in [0.5, 0.6) is 0 Å². The topological polar surface area (TPSA) is 47.3 Å². The fourth-order valence-corrected chi connectivity index (χ4v) is 4.93. The first-order chi connectivity index (χ1) is 12.7. The minimum absolute atomic E-state index is 0.201. The van der Waals surface area contributed by atoms with Gasteiger partial charge >= 0.3 is 0 Å². The van der Waals surface area contributed by atoms with Crippen LogP contribution in [0.2, 0.25) is 0 Å². The molecule has 2 heterocycles. The van der Waals surface area contributed by atoms with E-state index in [-0.39, 0.29) is 12.1 Å². The molecule has 1 saturated carbocycles. The van der Waals surface area contributed by atoms with Crippen LogP contribution in [0.3, 0.4) is 0 Å². The Morgan fingerprint density at radius 3 is 2.12 bits per heavy atom. The van der Waals surface area contributed by atoms with Crippen molar-refractivity contribution in [1.29, 1.82) is 5.26 Å². The van der Waals surface area contributed by atoms with Crippen LogP contribution in [-0.4, -0.2) is 35.2 Å². The summed E-state index contributed by atoms with van der Waals surface area (Å²) >= 11 is 0. The second kappa shape index (κ2) is 7.23. The zero-order valence-corrected chi connectivity index (χ0v) is 15.1. The molecule has 2 bridgehead atoms. The minimum Gasteiger partial charge on any atom is -0.391 e. The Morgan fingerprint density at radius 1 is 1.00 bits per heavy atom. The Balaban J connectivity index is 1.63. The molecule has 3 unspecified atom stereocenters. The molecule has 0 spiro atoms. The van der Waals surface area contributed by atoms with Crippen LogP contribution < -0.4 is 0 Å². The summed E-state index contributed by atoms with van der Waals surface area (Å²) in [5.41, 5.74) is 1.46. The molecule has 0 aromatic heterocycles. The largest absolute Gasteiger partial charge is 0.391 e. The zero-order valence-electron chi connectivity index (χ0n) is 15.1. The van der Waals surface area contributed by atoms with Gasteiger partial charge in [0.25, 0.3) is 0 Å². The van der Waals surface area contributed by atoms with Crippen molar-refractivity contribution in [3.05, 3.63) is 71.8 Å². The molecule has 26 heavy (non-hydrogen) atoms. The number of rotatable bonds is 5. The summed E-state index contributed by atoms with van der Waals surface area (Å²) in [4.78, 5) is 2.43. The van der Waals surface area contributed by atoms with Gasteiger partial charge in [0.15, 0.2) is 0 Å². The highest BCUT2D eigenvalue weighted by Crippen LogP contribution is 2.39. The van der Waals surface area contributed by atoms with Crippen LogP contribution in [0.4, 0.5) is 0 Å². The fraction of sp³-hybridized carbons (Fsp3) is 0.435. The summed E-state index contributed by atoms with van der Waals surface area (Å²) in [6, 6.07) is 23.2. The van der Waals surface area contributed by atoms with E-state index >= 15 is 0 Å². The van der Waals surface area contributed by atoms with E-state index in [0.717, 1.165) is 43.5 Å². The molecule has 3 fully saturated rings. The molecule has 1 aliphatic carbocycles. The van der Waals surface area contributed by atoms with Crippen molar-refractivity contribution in [3.8, 4) is 6.07 Å². The van der Waals surface area contributed by atoms with Gasteiger partial charge in [-0.3, -0.25) is 4.90 Å². The van der Waals surface area contributed by atoms with E-state index in [9.17, 15) is 10.4 Å². The summed E-state index contributed by atoms with van der Waals surface area (Å²) in [7, 11) is 0. The second-order valence-electron chi connectivity index (χ2n) is 7.81. The maximum Gasteiger partial charge on any atom is 0.108 e. The summed E-state index contributed by atoms with van der Waals surface area (Å²) < 4.78 is 0. The number of hydrogen-bond donors (Lipinski definition) is 1. The molecule has 0 amide bonds. The number of nitriles is 1. The van der Waals surface area contributed by atoms with Crippen molar-refractivity contribution in [2.24, 2.45) is 5.92 Å². The van der Waals surface area contributed by atoms with Gasteiger partial charge in [-0.15, -0.1) is 0 Å². The van der Waals surface area contributed by atoms with Crippen LogP contribution in [0, 0.1) is 17.2 Å². The second-order valence-corrected chi connectivity index (χ2v) is 7.81. The normalized spacial score (nSPS) is 25.8. The first kappa shape index (κ1) is 17.3. The van der Waals surface area contributed by atoms with Gasteiger partial charge in [0.05, 0.1) is 12.2 Å². The van der Waals surface area contributed by atoms with Crippen molar-refractivity contribution in [3.63, 3.8) is 0 Å². The van der Waals surface area contributed by atoms with Gasteiger partial charge < -0.3 is 5.11 Å². The van der Waals surface area contributed by atoms with Crippen molar-refractivity contribution < 1.29 is 5.11 Å². The van der Waals surface area contributed by atoms with Crippen LogP contribution >= 0.6 is 0 Å². The van der Waals surface area contributed by atoms with E-state index in [4.69, 9.17) is 0 Å². The molecule has 3 nitrogen and oxygen atoms in total. The highest BCUT2D eigenvalue weighted by molar-refractivity contribution is 5.45. The van der Waals surface area contributed by atoms with Crippen LogP contribution in [0.15, 0.2) is 60.7 Å². The molecule has 134 valence electrons. The monoisotopic (exact) mass is 346 g/mol. The highest BCUT2D eigenvalue weighted by Gasteiger charge is 2.41. The molecule has 2 aromatic carbocycles. The predicted molar refractivity (Wildman–Crippen MR) is 103 cm³/mol. The number of fused-ring (bicyclic) bond motifs is 3. The molecule has 2 aromatic rings. The first-order valence-corrected chi connectivity index (χ1v) is 9.67. The molecule has 3 aliphatic rings. The molecule has 3 atom stereocenters. The van der Waals surface area contributed by atoms with Crippen molar-refractivity contribution in [2.45, 2.75) is 43.2 Å². The lowest BCUT2D eigenvalue weighted by Gasteiger charge is -2.48. The zero-order chi connectivity index (χ0) is 18.0. The Kier molecular flexibility index (Phi) is 4.80. The van der Waals surface area contributed by atoms with Gasteiger partial charge in [0.2, 0.25) is 0 Å². The molecule has 3 heteroatoms. The maximum atomic E-state index is 10.4. The maximum absolute atomic E-state index is 10.4. The minimum atomic E-state index is -0.649. The summed E-state index contributed by atoms with van der Waals surface area (Å²) in [6.45, 7) is 1.91. The number of nitrogens with zero attached hydrogens (tertiary/aromatic N) is 2. The number of piperidine rings is 2. The molecule has 5 rings (SSSR count). The van der Waals surface area contributed by atoms with Crippen LogP contribution in [0.1, 0.15) is 36.8 Å². The highest BCUT2D eigenvalue weighted by atomic mass is 16.3. The van der Waals surface area contributed by atoms with Gasteiger partial charge in [-0.05, 0) is 42.7 Å². The Labute approximate surface area is 155 Å². The van der Waals surface area contributed by atoms with Gasteiger partial charge in [-0.2, -0.15) is 5.26 Å². The summed E-state index contributed by atoms with van der Waals surface area (Å²) in [5, 5.41) is 20.7. The molecule has 0 radical (unpaired) electrons. The Hall–Kier alpha value is -2.15. The molecule has 2 aliphatic heterocycles. The van der Waals surface area contributed by atoms with Crippen molar-refractivity contribution >= 4 is 0 Å². The predicted octanol–water partition coefficient (Wildman–Crippen LogP) is 3.73. The standard InChI is InChI=1S/C23H26N2O/c24-17-23(19-7-3-1-4-8-19,20-9-5-2-6-10-20)13-14-25-16-18-11-12-21(25)22(26)15-18/h1-10,18,21-22,26H,11-16H2. The third-order valence-corrected chi connectivity index (χ3v) is 6.35. The molecular weight excluding hydrogens is 320 g/mol. The number of hydrogen-bond acceptors (Lipinski definition) is 3. The van der Waals surface area contributed by atoms with E-state index in [1.807, 2.05) is 36.4 Å². The molecular formula is C23H26N2O. The van der Waals surface area contributed by atoms with E-state index < -0.39 is 5.41 Å². The number of aliphatic hydroxyl groups excluding tert-OH is 1. The molecule has 2 saturated heterocycles. The van der Waals surface area contributed by atoms with E-state index in [0.29, 0.717) is 5.92 Å². The average Bonchev–Trinajstić information content (AvgIpc) is 2.71. The fourth-order valence-electron chi connectivity index (χ4n) is 4.93. The average molecular weight is 346 g/mol. The Bertz CT molecular complexity index is 728. The first-order valence-electron chi connectivity index (χ1n) is 9.67. The quantitative estimate of drug-likeness (QED) is 0.897. The number of benzene rings is 2. The van der Waals surface area contributed by atoms with Crippen molar-refractivity contribution in [2.75, 3.05) is 13.1 Å². The Morgan fingerprint density at radius 2 is 1.62 bits per heavy atom. The molecule has 1 N–H and O–H groups in total. The van der Waals surface area contributed by atoms with Gasteiger partial charge in [0, 0.05) is 19.1 Å². The third kappa shape index (κ3) is 3.05. The lowest BCUT2D eigenvalue weighted by atomic mass is 9.72. The summed E-state index contributed by atoms with van der Waals surface area (Å²) in [5.74, 6) is 0.611. The number of aliphatic hydroxyl groups is 1. The van der Waals surface area contributed by atoms with E-state index in [1.54, 1.807) is 0 Å². The summed E-state index contributed by atoms with van der Waals surface area (Å²) in [6.07, 6.45) is 3.81. The van der Waals surface area contributed by atoms with Gasteiger partial charge in [0.1, 0.15) is 5.41 Å². The smallest absolute Gasteiger partial charge is 0.108 e. The van der Waals surface area contributed by atoms with Crippen LogP contribution in [0.25, 0.3) is 0 Å². The van der Waals surface area contributed by atoms with E-state index in [2.05, 4.69) is 35.2 Å². The SMILES string of the molecule is N#CC(CCN1CC2CCC1C(O)C2)(c1ccccc1)c1ccccc1. The van der Waals surface area contributed by atoms with Crippen LogP contribution in [-0.2, 0) is 5.41 Å². The lowest BCUT2D eigenvalue weighted by Crippen LogP contribution is -2.56. The third-order valence-electron chi connectivity index (χ3n) is 6.35. The van der Waals surface area contributed by atoms with Gasteiger partial charge in [-0.1, -0.05) is 60.7 Å². The van der Waals surface area contributed by atoms with Crippen molar-refractivity contribution in [1.82, 2.24) is 4.90 Å². The van der Waals surface area contributed by atoms with Gasteiger partial charge in [-0.25, -0.2) is 0 Å². The lowest BCUT2D eigenvalue weighted by molar-refractivity contribution is -0.0554.